The van der Waals surface area contributed by atoms with E-state index in [2.05, 4.69) is 25.7 Å². The van der Waals surface area contributed by atoms with Gasteiger partial charge in [-0.2, -0.15) is 0 Å². The Morgan fingerprint density at radius 3 is 2.04 bits per heavy atom. The van der Waals surface area contributed by atoms with E-state index < -0.39 is 5.97 Å². The fourth-order valence-corrected chi connectivity index (χ4v) is 2.79. The topological polar surface area (TPSA) is 52.6 Å². The fraction of sp³-hybridized carbons (Fsp3) is 0.826. The first kappa shape index (κ1) is 25.5. The van der Waals surface area contributed by atoms with Gasteiger partial charge in [0.2, 0.25) is 0 Å². The SMILES string of the molecule is CCCCCCCCCCC#CCOC(=O)CCC(=O)OC(CC)CCC. The third kappa shape index (κ3) is 17.7. The second-order valence-corrected chi connectivity index (χ2v) is 7.05. The Kier molecular flexibility index (Phi) is 18.2. The fourth-order valence-electron chi connectivity index (χ4n) is 2.79. The van der Waals surface area contributed by atoms with Crippen molar-refractivity contribution in [3.63, 3.8) is 0 Å². The van der Waals surface area contributed by atoms with Gasteiger partial charge in [0.05, 0.1) is 12.8 Å². The lowest BCUT2D eigenvalue weighted by molar-refractivity contribution is -0.153. The molecule has 0 aromatic carbocycles. The summed E-state index contributed by atoms with van der Waals surface area (Å²) in [4.78, 5) is 23.3. The zero-order chi connectivity index (χ0) is 20.2. The first-order chi connectivity index (χ1) is 13.1. The van der Waals surface area contributed by atoms with Gasteiger partial charge in [-0.15, -0.1) is 0 Å². The average molecular weight is 381 g/mol. The summed E-state index contributed by atoms with van der Waals surface area (Å²) in [6, 6.07) is 0. The molecule has 0 heterocycles. The minimum Gasteiger partial charge on any atom is -0.462 e. The highest BCUT2D eigenvalue weighted by Gasteiger charge is 2.13. The van der Waals surface area contributed by atoms with Crippen LogP contribution in [-0.4, -0.2) is 24.6 Å². The molecule has 1 atom stereocenters. The van der Waals surface area contributed by atoms with E-state index in [1.165, 1.54) is 44.9 Å². The summed E-state index contributed by atoms with van der Waals surface area (Å²) in [6.45, 7) is 6.40. The van der Waals surface area contributed by atoms with E-state index in [1.54, 1.807) is 0 Å². The lowest BCUT2D eigenvalue weighted by atomic mass is 10.1. The Morgan fingerprint density at radius 2 is 1.41 bits per heavy atom. The van der Waals surface area contributed by atoms with Crippen LogP contribution in [0.3, 0.4) is 0 Å². The highest BCUT2D eigenvalue weighted by atomic mass is 16.5. The predicted octanol–water partition coefficient (Wildman–Crippen LogP) is 5.97. The molecule has 0 aromatic heterocycles. The molecule has 156 valence electrons. The van der Waals surface area contributed by atoms with Crippen LogP contribution >= 0.6 is 0 Å². The van der Waals surface area contributed by atoms with Crippen molar-refractivity contribution in [1.82, 2.24) is 0 Å². The molecule has 0 rings (SSSR count). The van der Waals surface area contributed by atoms with Gasteiger partial charge in [-0.05, 0) is 19.3 Å². The number of ether oxygens (including phenoxy) is 2. The number of carbonyl (C=O) groups excluding carboxylic acids is 2. The van der Waals surface area contributed by atoms with Gasteiger partial charge in [-0.3, -0.25) is 9.59 Å². The summed E-state index contributed by atoms with van der Waals surface area (Å²) in [7, 11) is 0. The number of hydrogen-bond acceptors (Lipinski definition) is 4. The Balaban J connectivity index is 3.58. The Labute approximate surface area is 166 Å². The summed E-state index contributed by atoms with van der Waals surface area (Å²) in [6.07, 6.45) is 13.9. The highest BCUT2D eigenvalue weighted by Crippen LogP contribution is 2.10. The summed E-state index contributed by atoms with van der Waals surface area (Å²) >= 11 is 0. The van der Waals surface area contributed by atoms with E-state index >= 15 is 0 Å². The predicted molar refractivity (Wildman–Crippen MR) is 110 cm³/mol. The molecule has 0 saturated carbocycles. The Bertz CT molecular complexity index is 433. The quantitative estimate of drug-likeness (QED) is 0.188. The molecule has 0 aliphatic heterocycles. The first-order valence-corrected chi connectivity index (χ1v) is 10.9. The van der Waals surface area contributed by atoms with Gasteiger partial charge in [0.25, 0.3) is 0 Å². The molecule has 0 radical (unpaired) electrons. The van der Waals surface area contributed by atoms with Crippen molar-refractivity contribution in [2.24, 2.45) is 0 Å². The summed E-state index contributed by atoms with van der Waals surface area (Å²) in [5.41, 5.74) is 0. The molecular formula is C23H40O4. The summed E-state index contributed by atoms with van der Waals surface area (Å²) in [5.74, 6) is 5.20. The molecule has 0 spiro atoms. The van der Waals surface area contributed by atoms with Crippen LogP contribution in [0.25, 0.3) is 0 Å². The number of unbranched alkanes of at least 4 members (excludes halogenated alkanes) is 8. The van der Waals surface area contributed by atoms with Crippen molar-refractivity contribution in [3.8, 4) is 11.8 Å². The van der Waals surface area contributed by atoms with Crippen molar-refractivity contribution >= 4 is 11.9 Å². The largest absolute Gasteiger partial charge is 0.462 e. The van der Waals surface area contributed by atoms with Crippen LogP contribution in [-0.2, 0) is 19.1 Å². The molecule has 0 aliphatic rings. The zero-order valence-electron chi connectivity index (χ0n) is 17.8. The van der Waals surface area contributed by atoms with Crippen LogP contribution in [0.5, 0.6) is 0 Å². The van der Waals surface area contributed by atoms with Gasteiger partial charge >= 0.3 is 11.9 Å². The van der Waals surface area contributed by atoms with Crippen LogP contribution in [0.15, 0.2) is 0 Å². The van der Waals surface area contributed by atoms with Crippen molar-refractivity contribution in [3.05, 3.63) is 0 Å². The number of rotatable bonds is 16. The molecule has 0 aliphatic carbocycles. The van der Waals surface area contributed by atoms with E-state index in [4.69, 9.17) is 9.47 Å². The summed E-state index contributed by atoms with van der Waals surface area (Å²) in [5, 5.41) is 0. The smallest absolute Gasteiger partial charge is 0.307 e. The molecule has 27 heavy (non-hydrogen) atoms. The molecule has 0 fully saturated rings. The van der Waals surface area contributed by atoms with Crippen LogP contribution in [0.1, 0.15) is 111 Å². The molecule has 0 bridgehead atoms. The molecule has 0 N–H and O–H groups in total. The molecular weight excluding hydrogens is 340 g/mol. The standard InChI is InChI=1S/C23H40O4/c1-4-7-8-9-10-11-12-13-14-15-16-20-26-22(24)18-19-23(25)27-21(6-3)17-5-2/h21H,4-14,17-20H2,1-3H3. The van der Waals surface area contributed by atoms with Gasteiger partial charge in [-0.1, -0.05) is 84.0 Å². The van der Waals surface area contributed by atoms with Gasteiger partial charge < -0.3 is 9.47 Å². The van der Waals surface area contributed by atoms with Crippen LogP contribution in [0, 0.1) is 11.8 Å². The van der Waals surface area contributed by atoms with E-state index in [0.717, 1.165) is 32.1 Å². The van der Waals surface area contributed by atoms with E-state index in [0.29, 0.717) is 0 Å². The van der Waals surface area contributed by atoms with Crippen LogP contribution in [0.4, 0.5) is 0 Å². The normalized spacial score (nSPS) is 11.4. The third-order valence-corrected chi connectivity index (χ3v) is 4.48. The maximum absolute atomic E-state index is 11.7. The molecule has 4 nitrogen and oxygen atoms in total. The Morgan fingerprint density at radius 1 is 0.778 bits per heavy atom. The lowest BCUT2D eigenvalue weighted by Crippen LogP contribution is -2.18. The van der Waals surface area contributed by atoms with Crippen molar-refractivity contribution < 1.29 is 19.1 Å². The van der Waals surface area contributed by atoms with E-state index in [-0.39, 0.29) is 31.5 Å². The maximum Gasteiger partial charge on any atom is 0.307 e. The van der Waals surface area contributed by atoms with Gasteiger partial charge in [0, 0.05) is 6.42 Å². The minimum atomic E-state index is -0.392. The van der Waals surface area contributed by atoms with Gasteiger partial charge in [-0.25, -0.2) is 0 Å². The minimum absolute atomic E-state index is 0.0410. The molecule has 1 unspecified atom stereocenters. The highest BCUT2D eigenvalue weighted by molar-refractivity contribution is 5.77. The van der Waals surface area contributed by atoms with Crippen LogP contribution < -0.4 is 0 Å². The first-order valence-electron chi connectivity index (χ1n) is 10.9. The van der Waals surface area contributed by atoms with Gasteiger partial charge in [0.1, 0.15) is 6.10 Å². The monoisotopic (exact) mass is 380 g/mol. The van der Waals surface area contributed by atoms with Gasteiger partial charge in [0.15, 0.2) is 6.61 Å². The lowest BCUT2D eigenvalue weighted by Gasteiger charge is -2.14. The second kappa shape index (κ2) is 19.3. The van der Waals surface area contributed by atoms with Crippen LogP contribution in [0.2, 0.25) is 0 Å². The Hall–Kier alpha value is -1.50. The average Bonchev–Trinajstić information content (AvgIpc) is 2.66. The number of hydrogen-bond donors (Lipinski definition) is 0. The zero-order valence-corrected chi connectivity index (χ0v) is 17.8. The molecule has 0 saturated heterocycles. The second-order valence-electron chi connectivity index (χ2n) is 7.05. The molecule has 0 aromatic rings. The molecule has 0 amide bonds. The van der Waals surface area contributed by atoms with E-state index in [9.17, 15) is 9.59 Å². The van der Waals surface area contributed by atoms with Crippen molar-refractivity contribution in [2.75, 3.05) is 6.61 Å². The molecule has 4 heteroatoms. The van der Waals surface area contributed by atoms with E-state index in [1.807, 2.05) is 6.92 Å². The van der Waals surface area contributed by atoms with Crippen molar-refractivity contribution in [1.29, 1.82) is 0 Å². The summed E-state index contributed by atoms with van der Waals surface area (Å²) < 4.78 is 10.4. The number of esters is 2. The third-order valence-electron chi connectivity index (χ3n) is 4.48. The maximum atomic E-state index is 11.7. The van der Waals surface area contributed by atoms with Crippen molar-refractivity contribution in [2.45, 2.75) is 117 Å². The number of carbonyl (C=O) groups is 2.